The van der Waals surface area contributed by atoms with Crippen LogP contribution in [0.2, 0.25) is 0 Å². The van der Waals surface area contributed by atoms with E-state index in [2.05, 4.69) is 17.0 Å². The number of hydrogen-bond donors (Lipinski definition) is 0. The third kappa shape index (κ3) is 3.24. The molecule has 0 aliphatic carbocycles. The average molecular weight is 244 g/mol. The SMILES string of the molecule is COc1cccc(CC(C#N)N2CCCCC2)c1. The summed E-state index contributed by atoms with van der Waals surface area (Å²) in [6.07, 6.45) is 4.52. The average Bonchev–Trinajstić information content (AvgIpc) is 2.46. The number of nitrogens with zero attached hydrogens (tertiary/aromatic N) is 2. The number of likely N-dealkylation sites (tertiary alicyclic amines) is 1. The van der Waals surface area contributed by atoms with Gasteiger partial charge in [0, 0.05) is 6.42 Å². The molecule has 1 aliphatic heterocycles. The number of nitriles is 1. The molecule has 96 valence electrons. The highest BCUT2D eigenvalue weighted by atomic mass is 16.5. The molecule has 1 aliphatic rings. The Bertz CT molecular complexity index is 419. The van der Waals surface area contributed by atoms with Gasteiger partial charge in [0.25, 0.3) is 0 Å². The zero-order valence-corrected chi connectivity index (χ0v) is 10.9. The summed E-state index contributed by atoms with van der Waals surface area (Å²) < 4.78 is 5.22. The maximum Gasteiger partial charge on any atom is 0.119 e. The van der Waals surface area contributed by atoms with Crippen LogP contribution in [0.5, 0.6) is 5.75 Å². The van der Waals surface area contributed by atoms with E-state index in [1.165, 1.54) is 24.8 Å². The Labute approximate surface area is 109 Å². The molecule has 0 radical (unpaired) electrons. The summed E-state index contributed by atoms with van der Waals surface area (Å²) in [5.41, 5.74) is 1.17. The molecule has 0 saturated carbocycles. The van der Waals surface area contributed by atoms with Crippen molar-refractivity contribution in [3.8, 4) is 11.8 Å². The highest BCUT2D eigenvalue weighted by Gasteiger charge is 2.20. The second kappa shape index (κ2) is 6.42. The van der Waals surface area contributed by atoms with Crippen molar-refractivity contribution < 1.29 is 4.74 Å². The molecule has 1 atom stereocenters. The number of benzene rings is 1. The Kier molecular flexibility index (Phi) is 4.60. The van der Waals surface area contributed by atoms with E-state index in [9.17, 15) is 5.26 Å². The third-order valence-electron chi connectivity index (χ3n) is 3.54. The number of hydrogen-bond acceptors (Lipinski definition) is 3. The predicted octanol–water partition coefficient (Wildman–Crippen LogP) is 2.62. The smallest absolute Gasteiger partial charge is 0.119 e. The lowest BCUT2D eigenvalue weighted by Crippen LogP contribution is -2.39. The molecule has 1 aromatic carbocycles. The maximum absolute atomic E-state index is 9.34. The van der Waals surface area contributed by atoms with Crippen molar-refractivity contribution in [3.63, 3.8) is 0 Å². The van der Waals surface area contributed by atoms with Crippen molar-refractivity contribution in [3.05, 3.63) is 29.8 Å². The van der Waals surface area contributed by atoms with Gasteiger partial charge in [-0.1, -0.05) is 18.6 Å². The molecule has 0 amide bonds. The van der Waals surface area contributed by atoms with Gasteiger partial charge in [0.1, 0.15) is 11.8 Å². The van der Waals surface area contributed by atoms with E-state index in [1.807, 2.05) is 18.2 Å². The van der Waals surface area contributed by atoms with Crippen molar-refractivity contribution in [2.75, 3.05) is 20.2 Å². The highest BCUT2D eigenvalue weighted by Crippen LogP contribution is 2.18. The minimum atomic E-state index is -0.00240. The van der Waals surface area contributed by atoms with Gasteiger partial charge in [0.2, 0.25) is 0 Å². The van der Waals surface area contributed by atoms with Crippen molar-refractivity contribution >= 4 is 0 Å². The van der Waals surface area contributed by atoms with Gasteiger partial charge in [-0.2, -0.15) is 5.26 Å². The van der Waals surface area contributed by atoms with Gasteiger partial charge in [-0.15, -0.1) is 0 Å². The summed E-state index contributed by atoms with van der Waals surface area (Å²) in [6, 6.07) is 10.5. The first kappa shape index (κ1) is 12.9. The first-order valence-corrected chi connectivity index (χ1v) is 6.60. The van der Waals surface area contributed by atoms with E-state index < -0.39 is 0 Å². The Balaban J connectivity index is 2.02. The molecule has 0 bridgehead atoms. The van der Waals surface area contributed by atoms with Gasteiger partial charge in [0.15, 0.2) is 0 Å². The molecule has 0 spiro atoms. The van der Waals surface area contributed by atoms with Crippen molar-refractivity contribution in [1.29, 1.82) is 5.26 Å². The largest absolute Gasteiger partial charge is 0.497 e. The second-order valence-corrected chi connectivity index (χ2v) is 4.80. The fourth-order valence-corrected chi connectivity index (χ4v) is 2.51. The Morgan fingerprint density at radius 3 is 2.78 bits per heavy atom. The van der Waals surface area contributed by atoms with E-state index in [-0.39, 0.29) is 6.04 Å². The van der Waals surface area contributed by atoms with Crippen LogP contribution < -0.4 is 4.74 Å². The van der Waals surface area contributed by atoms with Crippen LogP contribution in [0.25, 0.3) is 0 Å². The highest BCUT2D eigenvalue weighted by molar-refractivity contribution is 5.29. The number of piperidine rings is 1. The minimum Gasteiger partial charge on any atom is -0.497 e. The molecule has 2 rings (SSSR count). The van der Waals surface area contributed by atoms with Gasteiger partial charge in [0.05, 0.1) is 13.2 Å². The van der Waals surface area contributed by atoms with Gasteiger partial charge >= 0.3 is 0 Å². The predicted molar refractivity (Wildman–Crippen MR) is 71.5 cm³/mol. The quantitative estimate of drug-likeness (QED) is 0.817. The summed E-state index contributed by atoms with van der Waals surface area (Å²) in [6.45, 7) is 2.12. The van der Waals surface area contributed by atoms with Crippen molar-refractivity contribution in [1.82, 2.24) is 4.90 Å². The van der Waals surface area contributed by atoms with Gasteiger partial charge < -0.3 is 4.74 Å². The van der Waals surface area contributed by atoms with Crippen LogP contribution in [0.3, 0.4) is 0 Å². The zero-order valence-electron chi connectivity index (χ0n) is 10.9. The molecule has 1 unspecified atom stereocenters. The monoisotopic (exact) mass is 244 g/mol. The van der Waals surface area contributed by atoms with Crippen LogP contribution in [-0.2, 0) is 6.42 Å². The van der Waals surface area contributed by atoms with E-state index >= 15 is 0 Å². The minimum absolute atomic E-state index is 0.00240. The van der Waals surface area contributed by atoms with Crippen molar-refractivity contribution in [2.24, 2.45) is 0 Å². The molecule has 1 saturated heterocycles. The number of methoxy groups -OCH3 is 1. The van der Waals surface area contributed by atoms with Crippen LogP contribution in [0, 0.1) is 11.3 Å². The van der Waals surface area contributed by atoms with Crippen LogP contribution in [-0.4, -0.2) is 31.1 Å². The first-order chi connectivity index (χ1) is 8.83. The molecule has 3 heteroatoms. The molecule has 1 aromatic rings. The van der Waals surface area contributed by atoms with Crippen LogP contribution in [0.1, 0.15) is 24.8 Å². The van der Waals surface area contributed by atoms with Crippen LogP contribution in [0.4, 0.5) is 0 Å². The van der Waals surface area contributed by atoms with Crippen LogP contribution >= 0.6 is 0 Å². The molecular formula is C15H20N2O. The lowest BCUT2D eigenvalue weighted by molar-refractivity contribution is 0.194. The molecular weight excluding hydrogens is 224 g/mol. The molecule has 0 N–H and O–H groups in total. The summed E-state index contributed by atoms with van der Waals surface area (Å²) >= 11 is 0. The van der Waals surface area contributed by atoms with E-state index in [0.717, 1.165) is 25.3 Å². The number of rotatable bonds is 4. The normalized spacial score (nSPS) is 18.0. The van der Waals surface area contributed by atoms with E-state index in [0.29, 0.717) is 0 Å². The first-order valence-electron chi connectivity index (χ1n) is 6.60. The van der Waals surface area contributed by atoms with Crippen molar-refractivity contribution in [2.45, 2.75) is 31.7 Å². The van der Waals surface area contributed by atoms with E-state index in [4.69, 9.17) is 4.74 Å². The Morgan fingerprint density at radius 2 is 2.11 bits per heavy atom. The van der Waals surface area contributed by atoms with E-state index in [1.54, 1.807) is 7.11 Å². The van der Waals surface area contributed by atoms with Gasteiger partial charge in [-0.3, -0.25) is 4.90 Å². The third-order valence-corrected chi connectivity index (χ3v) is 3.54. The second-order valence-electron chi connectivity index (χ2n) is 4.80. The Hall–Kier alpha value is -1.53. The lowest BCUT2D eigenvalue weighted by Gasteiger charge is -2.30. The molecule has 18 heavy (non-hydrogen) atoms. The summed E-state index contributed by atoms with van der Waals surface area (Å²) in [5, 5.41) is 9.34. The molecule has 1 heterocycles. The summed E-state index contributed by atoms with van der Waals surface area (Å²) in [5.74, 6) is 0.864. The standard InChI is InChI=1S/C15H20N2O/c1-18-15-7-5-6-13(11-15)10-14(12-16)17-8-3-2-4-9-17/h5-7,11,14H,2-4,8-10H2,1H3. The fourth-order valence-electron chi connectivity index (χ4n) is 2.51. The lowest BCUT2D eigenvalue weighted by atomic mass is 10.0. The topological polar surface area (TPSA) is 36.3 Å². The Morgan fingerprint density at radius 1 is 1.33 bits per heavy atom. The van der Waals surface area contributed by atoms with Gasteiger partial charge in [-0.25, -0.2) is 0 Å². The molecule has 0 aromatic heterocycles. The number of ether oxygens (including phenoxy) is 1. The summed E-state index contributed by atoms with van der Waals surface area (Å²) in [7, 11) is 1.67. The zero-order chi connectivity index (χ0) is 12.8. The van der Waals surface area contributed by atoms with Gasteiger partial charge in [-0.05, 0) is 43.6 Å². The van der Waals surface area contributed by atoms with Crippen LogP contribution in [0.15, 0.2) is 24.3 Å². The fraction of sp³-hybridized carbons (Fsp3) is 0.533. The molecule has 3 nitrogen and oxygen atoms in total. The molecule has 1 fully saturated rings. The maximum atomic E-state index is 9.34. The summed E-state index contributed by atoms with van der Waals surface area (Å²) in [4.78, 5) is 2.31.